The number of nitrogens with one attached hydrogen (secondary N) is 1. The predicted molar refractivity (Wildman–Crippen MR) is 86.6 cm³/mol. The Hall–Kier alpha value is -1.90. The molecule has 126 valence electrons. The molecule has 0 bridgehead atoms. The highest BCUT2D eigenvalue weighted by atomic mass is 35.5. The second-order valence-corrected chi connectivity index (χ2v) is 8.04. The first-order valence-electron chi connectivity index (χ1n) is 7.45. The molecular weight excluding hydrogens is 354 g/mol. The Morgan fingerprint density at radius 2 is 2.04 bits per heavy atom. The largest absolute Gasteiger partial charge is 0.378 e. The van der Waals surface area contributed by atoms with Crippen LogP contribution >= 0.6 is 11.6 Å². The molecule has 0 unspecified atom stereocenters. The van der Waals surface area contributed by atoms with Gasteiger partial charge in [-0.15, -0.1) is 0 Å². The number of H-pyrrole nitrogens is 1. The summed E-state index contributed by atoms with van der Waals surface area (Å²) in [5.41, 5.74) is 1.55. The molecule has 0 atom stereocenters. The number of hydrogen-bond donors (Lipinski definition) is 1. The molecule has 2 aliphatic heterocycles. The molecule has 9 heteroatoms. The molecule has 2 aromatic rings. The molecule has 4 rings (SSSR count). The van der Waals surface area contributed by atoms with E-state index in [2.05, 4.69) is 10.2 Å². The second kappa shape index (κ2) is 5.58. The van der Waals surface area contributed by atoms with Crippen LogP contribution in [0.25, 0.3) is 11.3 Å². The molecule has 2 aliphatic rings. The summed E-state index contributed by atoms with van der Waals surface area (Å²) in [6.07, 6.45) is 0. The maximum atomic E-state index is 12.7. The van der Waals surface area contributed by atoms with Gasteiger partial charge in [-0.1, -0.05) is 23.7 Å². The fourth-order valence-electron chi connectivity index (χ4n) is 3.11. The highest BCUT2D eigenvalue weighted by Gasteiger charge is 2.36. The summed E-state index contributed by atoms with van der Waals surface area (Å²) < 4.78 is 30.5. The molecule has 0 saturated carbocycles. The molecule has 1 aromatic carbocycles. The zero-order chi connectivity index (χ0) is 16.9. The molecule has 0 radical (unpaired) electrons. The van der Waals surface area contributed by atoms with Gasteiger partial charge in [0, 0.05) is 24.2 Å². The number of halogens is 1. The minimum atomic E-state index is -3.63. The van der Waals surface area contributed by atoms with E-state index in [-0.39, 0.29) is 27.3 Å². The van der Waals surface area contributed by atoms with E-state index < -0.39 is 9.84 Å². The lowest BCUT2D eigenvalue weighted by Gasteiger charge is -2.26. The zero-order valence-electron chi connectivity index (χ0n) is 12.6. The highest BCUT2D eigenvalue weighted by Crippen LogP contribution is 2.41. The summed E-state index contributed by atoms with van der Waals surface area (Å²) in [5.74, 6) is -0.572. The zero-order valence-corrected chi connectivity index (χ0v) is 14.2. The highest BCUT2D eigenvalue weighted by molar-refractivity contribution is 7.91. The fourth-order valence-corrected chi connectivity index (χ4v) is 5.31. The molecule has 1 N–H and O–H groups in total. The van der Waals surface area contributed by atoms with Crippen LogP contribution in [0.4, 0.5) is 0 Å². The maximum Gasteiger partial charge on any atom is 0.274 e. The first kappa shape index (κ1) is 15.6. The number of morpholine rings is 1. The third kappa shape index (κ3) is 2.33. The molecule has 0 spiro atoms. The number of aromatic amines is 1. The van der Waals surface area contributed by atoms with Crippen molar-refractivity contribution < 1.29 is 17.9 Å². The van der Waals surface area contributed by atoms with E-state index in [0.717, 1.165) is 0 Å². The molecule has 1 amide bonds. The smallest absolute Gasteiger partial charge is 0.274 e. The lowest BCUT2D eigenvalue weighted by Crippen LogP contribution is -2.41. The molecule has 7 nitrogen and oxygen atoms in total. The van der Waals surface area contributed by atoms with Crippen LogP contribution in [0.2, 0.25) is 5.02 Å². The Morgan fingerprint density at radius 1 is 1.29 bits per heavy atom. The number of hydrogen-bond acceptors (Lipinski definition) is 5. The molecule has 1 aromatic heterocycles. The summed E-state index contributed by atoms with van der Waals surface area (Å²) >= 11 is 6.08. The number of fused-ring (bicyclic) bond motifs is 3. The lowest BCUT2D eigenvalue weighted by molar-refractivity contribution is 0.0298. The third-order valence-corrected chi connectivity index (χ3v) is 6.41. The average Bonchev–Trinajstić information content (AvgIpc) is 2.97. The van der Waals surface area contributed by atoms with Crippen LogP contribution in [-0.4, -0.2) is 55.7 Å². The van der Waals surface area contributed by atoms with E-state index >= 15 is 0 Å². The number of amides is 1. The Labute approximate surface area is 143 Å². The monoisotopic (exact) mass is 367 g/mol. The summed E-state index contributed by atoms with van der Waals surface area (Å²) in [4.78, 5) is 14.4. The van der Waals surface area contributed by atoms with Crippen molar-refractivity contribution in [2.75, 3.05) is 26.3 Å². The van der Waals surface area contributed by atoms with Gasteiger partial charge in [-0.05, 0) is 6.07 Å². The molecule has 1 fully saturated rings. The van der Waals surface area contributed by atoms with Gasteiger partial charge in [-0.2, -0.15) is 5.10 Å². The van der Waals surface area contributed by atoms with Gasteiger partial charge in [0.25, 0.3) is 5.91 Å². The van der Waals surface area contributed by atoms with E-state index in [1.807, 2.05) is 0 Å². The minimum absolute atomic E-state index is 0.0909. The lowest BCUT2D eigenvalue weighted by atomic mass is 10.1. The summed E-state index contributed by atoms with van der Waals surface area (Å²) in [6.45, 7) is 1.87. The average molecular weight is 368 g/mol. The van der Waals surface area contributed by atoms with Crippen LogP contribution in [-0.2, 0) is 20.3 Å². The van der Waals surface area contributed by atoms with Crippen LogP contribution in [0, 0.1) is 0 Å². The third-order valence-electron chi connectivity index (χ3n) is 4.25. The SMILES string of the molecule is O=C(c1n[nH]c2c1CS(=O)(=O)c1c(Cl)cccc1-2)N1CCOCC1. The molecule has 0 aliphatic carbocycles. The maximum absolute atomic E-state index is 12.7. The van der Waals surface area contributed by atoms with Crippen LogP contribution < -0.4 is 0 Å². The van der Waals surface area contributed by atoms with Crippen molar-refractivity contribution in [3.8, 4) is 11.3 Å². The number of carbonyl (C=O) groups excluding carboxylic acids is 1. The number of ether oxygens (including phenoxy) is 1. The Balaban J connectivity index is 1.83. The van der Waals surface area contributed by atoms with Crippen molar-refractivity contribution in [3.05, 3.63) is 34.5 Å². The Morgan fingerprint density at radius 3 is 2.79 bits per heavy atom. The van der Waals surface area contributed by atoms with Gasteiger partial charge in [0.1, 0.15) is 0 Å². The predicted octanol–water partition coefficient (Wildman–Crippen LogP) is 1.49. The van der Waals surface area contributed by atoms with Crippen LogP contribution in [0.1, 0.15) is 16.1 Å². The number of nitrogens with zero attached hydrogens (tertiary/aromatic N) is 2. The standard InChI is InChI=1S/C15H14ClN3O4S/c16-11-3-1-2-9-12-10(8-24(21,22)14(9)11)13(18-17-12)15(20)19-4-6-23-7-5-19/h1-3H,4-8H2,(H,17,18). The fraction of sp³-hybridized carbons (Fsp3) is 0.333. The van der Waals surface area contributed by atoms with E-state index in [1.54, 1.807) is 23.1 Å². The Bertz CT molecular complexity index is 932. The van der Waals surface area contributed by atoms with Crippen molar-refractivity contribution >= 4 is 27.3 Å². The van der Waals surface area contributed by atoms with Gasteiger partial charge < -0.3 is 9.64 Å². The van der Waals surface area contributed by atoms with Gasteiger partial charge in [0.2, 0.25) is 0 Å². The molecule has 24 heavy (non-hydrogen) atoms. The number of benzene rings is 1. The van der Waals surface area contributed by atoms with E-state index in [0.29, 0.717) is 43.1 Å². The van der Waals surface area contributed by atoms with Crippen LogP contribution in [0.3, 0.4) is 0 Å². The number of aromatic nitrogens is 2. The Kier molecular flexibility index (Phi) is 3.63. The minimum Gasteiger partial charge on any atom is -0.378 e. The first-order chi connectivity index (χ1) is 11.5. The van der Waals surface area contributed by atoms with E-state index in [9.17, 15) is 13.2 Å². The van der Waals surface area contributed by atoms with Gasteiger partial charge in [0.15, 0.2) is 15.5 Å². The van der Waals surface area contributed by atoms with Crippen molar-refractivity contribution in [2.45, 2.75) is 10.6 Å². The van der Waals surface area contributed by atoms with Gasteiger partial charge in [0.05, 0.1) is 34.6 Å². The molecular formula is C15H14ClN3O4S. The topological polar surface area (TPSA) is 92.4 Å². The normalized spacial score (nSPS) is 18.8. The van der Waals surface area contributed by atoms with Crippen molar-refractivity contribution in [3.63, 3.8) is 0 Å². The first-order valence-corrected chi connectivity index (χ1v) is 9.48. The summed E-state index contributed by atoms with van der Waals surface area (Å²) in [7, 11) is -3.63. The van der Waals surface area contributed by atoms with Gasteiger partial charge in [-0.25, -0.2) is 8.42 Å². The van der Waals surface area contributed by atoms with Crippen molar-refractivity contribution in [1.82, 2.24) is 15.1 Å². The van der Waals surface area contributed by atoms with Crippen molar-refractivity contribution in [1.29, 1.82) is 0 Å². The molecule has 1 saturated heterocycles. The number of rotatable bonds is 1. The summed E-state index contributed by atoms with van der Waals surface area (Å²) in [5, 5.41) is 7.09. The number of carbonyl (C=O) groups is 1. The van der Waals surface area contributed by atoms with Gasteiger partial charge >= 0.3 is 0 Å². The van der Waals surface area contributed by atoms with E-state index in [1.165, 1.54) is 0 Å². The van der Waals surface area contributed by atoms with Gasteiger partial charge in [-0.3, -0.25) is 9.89 Å². The van der Waals surface area contributed by atoms with Crippen molar-refractivity contribution in [2.24, 2.45) is 0 Å². The van der Waals surface area contributed by atoms with Crippen LogP contribution in [0.5, 0.6) is 0 Å². The van der Waals surface area contributed by atoms with E-state index in [4.69, 9.17) is 16.3 Å². The van der Waals surface area contributed by atoms with Crippen LogP contribution in [0.15, 0.2) is 23.1 Å². The quantitative estimate of drug-likeness (QED) is 0.824. The number of sulfone groups is 1. The molecule has 3 heterocycles. The second-order valence-electron chi connectivity index (χ2n) is 5.71. The summed E-state index contributed by atoms with van der Waals surface area (Å²) in [6, 6.07) is 4.88.